The second-order valence-corrected chi connectivity index (χ2v) is 6.46. The monoisotopic (exact) mass is 291 g/mol. The maximum absolute atomic E-state index is 9.64. The lowest BCUT2D eigenvalue weighted by atomic mass is 10.1. The molecule has 2 unspecified atom stereocenters. The summed E-state index contributed by atoms with van der Waals surface area (Å²) in [7, 11) is 0. The Morgan fingerprint density at radius 2 is 2.27 bits per heavy atom. The first-order chi connectivity index (χ1) is 7.19. The van der Waals surface area contributed by atoms with Crippen LogP contribution in [0.25, 0.3) is 0 Å². The zero-order valence-corrected chi connectivity index (χ0v) is 10.7. The van der Waals surface area contributed by atoms with E-state index in [1.807, 2.05) is 6.07 Å². The Hall–Kier alpha value is 0.0600. The molecule has 84 valence electrons. The highest BCUT2D eigenvalue weighted by atomic mass is 79.9. The Morgan fingerprint density at radius 1 is 1.47 bits per heavy atom. The molecule has 0 spiro atoms. The van der Waals surface area contributed by atoms with Gasteiger partial charge in [0.25, 0.3) is 0 Å². The van der Waals surface area contributed by atoms with Gasteiger partial charge in [0, 0.05) is 37.0 Å². The van der Waals surface area contributed by atoms with Crippen LogP contribution in [-0.2, 0) is 6.54 Å². The summed E-state index contributed by atoms with van der Waals surface area (Å²) < 4.78 is 1.14. The van der Waals surface area contributed by atoms with Gasteiger partial charge in [0.1, 0.15) is 0 Å². The third-order valence-electron chi connectivity index (χ3n) is 2.72. The molecule has 15 heavy (non-hydrogen) atoms. The van der Waals surface area contributed by atoms with Gasteiger partial charge in [-0.2, -0.15) is 0 Å². The fourth-order valence-corrected chi connectivity index (χ4v) is 3.43. The lowest BCUT2D eigenvalue weighted by Crippen LogP contribution is -2.21. The van der Waals surface area contributed by atoms with Gasteiger partial charge >= 0.3 is 0 Å². The third-order valence-corrected chi connectivity index (χ3v) is 4.33. The van der Waals surface area contributed by atoms with Crippen molar-refractivity contribution in [2.45, 2.75) is 12.6 Å². The maximum atomic E-state index is 9.64. The Morgan fingerprint density at radius 3 is 2.80 bits per heavy atom. The SMILES string of the molecule is OCC1CN(Cc2ccc(Br)s2)CC1O. The first-order valence-electron chi connectivity index (χ1n) is 4.94. The first-order valence-corrected chi connectivity index (χ1v) is 6.55. The largest absolute Gasteiger partial charge is 0.396 e. The Balaban J connectivity index is 1.92. The number of likely N-dealkylation sites (tertiary alicyclic amines) is 1. The summed E-state index contributed by atoms with van der Waals surface area (Å²) in [5, 5.41) is 18.7. The Kier molecular flexibility index (Phi) is 3.79. The molecular formula is C10H14BrNO2S. The fourth-order valence-electron chi connectivity index (χ4n) is 1.91. The van der Waals surface area contributed by atoms with Crippen LogP contribution in [0.15, 0.2) is 15.9 Å². The van der Waals surface area contributed by atoms with Gasteiger partial charge in [-0.3, -0.25) is 4.90 Å². The smallest absolute Gasteiger partial charge is 0.0729 e. The van der Waals surface area contributed by atoms with Crippen molar-refractivity contribution in [1.29, 1.82) is 0 Å². The molecule has 0 saturated carbocycles. The molecule has 2 rings (SSSR count). The average molecular weight is 292 g/mol. The number of aliphatic hydroxyl groups is 2. The summed E-state index contributed by atoms with van der Waals surface area (Å²) in [6.45, 7) is 2.39. The number of rotatable bonds is 3. The van der Waals surface area contributed by atoms with Gasteiger partial charge in [-0.25, -0.2) is 0 Å². The minimum absolute atomic E-state index is 0.0217. The third kappa shape index (κ3) is 2.79. The van der Waals surface area contributed by atoms with Gasteiger partial charge in [-0.1, -0.05) is 0 Å². The highest BCUT2D eigenvalue weighted by molar-refractivity contribution is 9.11. The Labute approximate surface area is 101 Å². The number of hydrogen-bond donors (Lipinski definition) is 2. The molecule has 2 heterocycles. The zero-order valence-electron chi connectivity index (χ0n) is 8.27. The highest BCUT2D eigenvalue weighted by Crippen LogP contribution is 2.25. The minimum Gasteiger partial charge on any atom is -0.396 e. The molecule has 0 aromatic carbocycles. The standard InChI is InChI=1S/C10H14BrNO2S/c11-10-2-1-8(15-10)4-12-3-7(6-13)9(14)5-12/h1-2,7,9,13-14H,3-6H2. The topological polar surface area (TPSA) is 43.7 Å². The Bertz CT molecular complexity index is 331. The molecule has 0 aliphatic carbocycles. The molecule has 1 aliphatic rings. The predicted molar refractivity (Wildman–Crippen MR) is 63.9 cm³/mol. The van der Waals surface area contributed by atoms with Crippen molar-refractivity contribution in [3.05, 3.63) is 20.8 Å². The van der Waals surface area contributed by atoms with Crippen molar-refractivity contribution in [3.8, 4) is 0 Å². The van der Waals surface area contributed by atoms with Crippen molar-refractivity contribution in [3.63, 3.8) is 0 Å². The van der Waals surface area contributed by atoms with Crippen LogP contribution in [0.1, 0.15) is 4.88 Å². The fraction of sp³-hybridized carbons (Fsp3) is 0.600. The lowest BCUT2D eigenvalue weighted by Gasteiger charge is -2.13. The maximum Gasteiger partial charge on any atom is 0.0729 e. The van der Waals surface area contributed by atoms with Gasteiger partial charge in [-0.05, 0) is 28.1 Å². The van der Waals surface area contributed by atoms with Crippen molar-refractivity contribution in [2.24, 2.45) is 5.92 Å². The minimum atomic E-state index is -0.376. The zero-order chi connectivity index (χ0) is 10.8. The first kappa shape index (κ1) is 11.5. The number of hydrogen-bond acceptors (Lipinski definition) is 4. The van der Waals surface area contributed by atoms with Crippen molar-refractivity contribution in [1.82, 2.24) is 4.90 Å². The number of β-amino-alcohol motifs (C(OH)–C–C–N with tert-alkyl or cyclic N) is 1. The molecule has 1 fully saturated rings. The van der Waals surface area contributed by atoms with E-state index in [9.17, 15) is 5.11 Å². The van der Waals surface area contributed by atoms with Crippen LogP contribution in [0.5, 0.6) is 0 Å². The second-order valence-electron chi connectivity index (χ2n) is 3.91. The molecule has 3 nitrogen and oxygen atoms in total. The van der Waals surface area contributed by atoms with E-state index in [0.29, 0.717) is 6.54 Å². The van der Waals surface area contributed by atoms with Gasteiger partial charge < -0.3 is 10.2 Å². The lowest BCUT2D eigenvalue weighted by molar-refractivity contribution is 0.103. The van der Waals surface area contributed by atoms with Gasteiger partial charge in [0.2, 0.25) is 0 Å². The number of halogens is 1. The average Bonchev–Trinajstić information content (AvgIpc) is 2.73. The van der Waals surface area contributed by atoms with Crippen LogP contribution in [0.4, 0.5) is 0 Å². The van der Waals surface area contributed by atoms with E-state index in [2.05, 4.69) is 26.9 Å². The summed E-state index contributed by atoms with van der Waals surface area (Å²) in [6, 6.07) is 4.13. The van der Waals surface area contributed by atoms with Gasteiger partial charge in [0.05, 0.1) is 9.89 Å². The van der Waals surface area contributed by atoms with E-state index in [1.54, 1.807) is 11.3 Å². The highest BCUT2D eigenvalue weighted by Gasteiger charge is 2.30. The van der Waals surface area contributed by atoms with Crippen LogP contribution >= 0.6 is 27.3 Å². The van der Waals surface area contributed by atoms with E-state index in [0.717, 1.165) is 16.9 Å². The number of thiophene rings is 1. The molecule has 0 bridgehead atoms. The van der Waals surface area contributed by atoms with Crippen molar-refractivity contribution < 1.29 is 10.2 Å². The number of aliphatic hydroxyl groups excluding tert-OH is 2. The van der Waals surface area contributed by atoms with Crippen LogP contribution in [0, 0.1) is 5.92 Å². The summed E-state index contributed by atoms with van der Waals surface area (Å²) >= 11 is 5.15. The van der Waals surface area contributed by atoms with Gasteiger partial charge in [-0.15, -0.1) is 11.3 Å². The molecule has 1 aromatic heterocycles. The van der Waals surface area contributed by atoms with E-state index < -0.39 is 0 Å². The quantitative estimate of drug-likeness (QED) is 0.882. The van der Waals surface area contributed by atoms with E-state index in [4.69, 9.17) is 5.11 Å². The molecule has 1 saturated heterocycles. The molecule has 1 aromatic rings. The molecule has 2 atom stereocenters. The molecule has 0 radical (unpaired) electrons. The van der Waals surface area contributed by atoms with E-state index >= 15 is 0 Å². The van der Waals surface area contributed by atoms with Crippen LogP contribution in [0.2, 0.25) is 0 Å². The molecular weight excluding hydrogens is 278 g/mol. The molecule has 2 N–H and O–H groups in total. The van der Waals surface area contributed by atoms with E-state index in [-0.39, 0.29) is 18.6 Å². The van der Waals surface area contributed by atoms with Crippen LogP contribution < -0.4 is 0 Å². The van der Waals surface area contributed by atoms with Gasteiger partial charge in [0.15, 0.2) is 0 Å². The van der Waals surface area contributed by atoms with E-state index in [1.165, 1.54) is 4.88 Å². The second kappa shape index (κ2) is 4.93. The molecule has 1 aliphatic heterocycles. The van der Waals surface area contributed by atoms with Crippen LogP contribution in [0.3, 0.4) is 0 Å². The summed E-state index contributed by atoms with van der Waals surface area (Å²) in [4.78, 5) is 3.47. The predicted octanol–water partition coefficient (Wildman–Crippen LogP) is 1.30. The summed E-state index contributed by atoms with van der Waals surface area (Å²) in [5.41, 5.74) is 0. The number of nitrogens with zero attached hydrogens (tertiary/aromatic N) is 1. The van der Waals surface area contributed by atoms with Crippen molar-refractivity contribution >= 4 is 27.3 Å². The summed E-state index contributed by atoms with van der Waals surface area (Å²) in [6.07, 6.45) is -0.376. The normalized spacial score (nSPS) is 27.4. The van der Waals surface area contributed by atoms with Crippen molar-refractivity contribution in [2.75, 3.05) is 19.7 Å². The molecule has 0 amide bonds. The van der Waals surface area contributed by atoms with Crippen LogP contribution in [-0.4, -0.2) is 40.9 Å². The summed E-state index contributed by atoms with van der Waals surface area (Å²) in [5.74, 6) is 0.0217. The molecule has 5 heteroatoms.